The number of ether oxygens (including phenoxy) is 2. The number of esters is 2. The van der Waals surface area contributed by atoms with E-state index in [0.717, 1.165) is 96.3 Å². The van der Waals surface area contributed by atoms with Crippen molar-refractivity contribution >= 4 is 19.8 Å². The average molecular weight is 1110 g/mol. The van der Waals surface area contributed by atoms with E-state index in [4.69, 9.17) is 18.5 Å². The molecule has 9 nitrogen and oxygen atoms in total. The number of carbonyl (C=O) groups excluding carboxylic acids is 2. The summed E-state index contributed by atoms with van der Waals surface area (Å²) < 4.78 is 34.2. The van der Waals surface area contributed by atoms with Crippen LogP contribution in [0.5, 0.6) is 0 Å². The largest absolute Gasteiger partial charge is 0.756 e. The Labute approximate surface area is 480 Å². The molecular formula is C68H118NO8P. The monoisotopic (exact) mass is 1110 g/mol. The van der Waals surface area contributed by atoms with Crippen molar-refractivity contribution in [3.63, 3.8) is 0 Å². The zero-order valence-electron chi connectivity index (χ0n) is 50.8. The van der Waals surface area contributed by atoms with Gasteiger partial charge in [-0.05, 0) is 103 Å². The van der Waals surface area contributed by atoms with Gasteiger partial charge in [0.2, 0.25) is 0 Å². The molecule has 0 heterocycles. The van der Waals surface area contributed by atoms with E-state index in [0.29, 0.717) is 17.4 Å². The van der Waals surface area contributed by atoms with Crippen LogP contribution >= 0.6 is 7.82 Å². The molecule has 0 bridgehead atoms. The molecule has 0 aromatic rings. The summed E-state index contributed by atoms with van der Waals surface area (Å²) in [5, 5.41) is 0. The van der Waals surface area contributed by atoms with Gasteiger partial charge in [0.1, 0.15) is 19.8 Å². The number of nitrogens with zero attached hydrogens (tertiary/aromatic N) is 1. The minimum atomic E-state index is -4.65. The Balaban J connectivity index is 4.15. The second-order valence-corrected chi connectivity index (χ2v) is 23.4. The van der Waals surface area contributed by atoms with E-state index in [1.54, 1.807) is 0 Å². The molecule has 0 aliphatic heterocycles. The third kappa shape index (κ3) is 61.9. The number of hydrogen-bond acceptors (Lipinski definition) is 8. The summed E-state index contributed by atoms with van der Waals surface area (Å²) >= 11 is 0. The quantitative estimate of drug-likeness (QED) is 0.0195. The van der Waals surface area contributed by atoms with E-state index in [1.165, 1.54) is 128 Å². The molecular weight excluding hydrogens is 990 g/mol. The molecule has 0 saturated heterocycles. The van der Waals surface area contributed by atoms with Crippen LogP contribution in [0.1, 0.15) is 258 Å². The molecule has 2 atom stereocenters. The number of hydrogen-bond donors (Lipinski definition) is 0. The zero-order valence-corrected chi connectivity index (χ0v) is 51.7. The number of unbranched alkanes of at least 4 members (excludes halogenated alkanes) is 25. The van der Waals surface area contributed by atoms with Gasteiger partial charge in [-0.25, -0.2) is 0 Å². The first kappa shape index (κ1) is 74.7. The van der Waals surface area contributed by atoms with E-state index < -0.39 is 32.5 Å². The lowest BCUT2D eigenvalue weighted by Gasteiger charge is -2.28. The van der Waals surface area contributed by atoms with Crippen molar-refractivity contribution in [2.75, 3.05) is 47.5 Å². The second-order valence-electron chi connectivity index (χ2n) is 22.0. The molecule has 78 heavy (non-hydrogen) atoms. The first-order valence-electron chi connectivity index (χ1n) is 31.6. The molecule has 0 saturated carbocycles. The van der Waals surface area contributed by atoms with Crippen LogP contribution in [0.25, 0.3) is 0 Å². The predicted molar refractivity (Wildman–Crippen MR) is 332 cm³/mol. The highest BCUT2D eigenvalue weighted by Crippen LogP contribution is 2.38. The molecule has 0 aliphatic rings. The lowest BCUT2D eigenvalue weighted by molar-refractivity contribution is -0.870. The highest BCUT2D eigenvalue weighted by Gasteiger charge is 2.22. The van der Waals surface area contributed by atoms with Gasteiger partial charge in [-0.15, -0.1) is 0 Å². The van der Waals surface area contributed by atoms with Crippen LogP contribution in [0, 0.1) is 0 Å². The highest BCUT2D eigenvalue weighted by molar-refractivity contribution is 7.45. The molecule has 10 heteroatoms. The first-order valence-corrected chi connectivity index (χ1v) is 33.1. The second kappa shape index (κ2) is 58.3. The minimum absolute atomic E-state index is 0.0413. The van der Waals surface area contributed by atoms with Gasteiger partial charge in [-0.2, -0.15) is 0 Å². The van der Waals surface area contributed by atoms with Crippen LogP contribution in [-0.2, 0) is 32.7 Å². The summed E-state index contributed by atoms with van der Waals surface area (Å²) in [6, 6.07) is 0. The predicted octanol–water partition coefficient (Wildman–Crippen LogP) is 19.5. The van der Waals surface area contributed by atoms with Gasteiger partial charge < -0.3 is 27.9 Å². The van der Waals surface area contributed by atoms with Crippen LogP contribution in [0.4, 0.5) is 0 Å². The summed E-state index contributed by atoms with van der Waals surface area (Å²) in [6.07, 6.45) is 81.5. The maximum atomic E-state index is 12.8. The molecule has 0 aliphatic carbocycles. The Morgan fingerprint density at radius 3 is 1.09 bits per heavy atom. The summed E-state index contributed by atoms with van der Waals surface area (Å²) in [7, 11) is 1.14. The van der Waals surface area contributed by atoms with Crippen molar-refractivity contribution in [1.29, 1.82) is 0 Å². The lowest BCUT2D eigenvalue weighted by Crippen LogP contribution is -2.37. The maximum absolute atomic E-state index is 12.8. The molecule has 0 rings (SSSR count). The van der Waals surface area contributed by atoms with Crippen molar-refractivity contribution in [2.24, 2.45) is 0 Å². The number of phosphoric acid groups is 1. The van der Waals surface area contributed by atoms with Crippen molar-refractivity contribution < 1.29 is 42.1 Å². The third-order valence-corrected chi connectivity index (χ3v) is 14.2. The summed E-state index contributed by atoms with van der Waals surface area (Å²) in [4.78, 5) is 37.9. The molecule has 0 fully saturated rings. The normalized spacial score (nSPS) is 14.0. The fourth-order valence-electron chi connectivity index (χ4n) is 8.43. The van der Waals surface area contributed by atoms with E-state index >= 15 is 0 Å². The smallest absolute Gasteiger partial charge is 0.306 e. The van der Waals surface area contributed by atoms with Crippen molar-refractivity contribution in [3.8, 4) is 0 Å². The van der Waals surface area contributed by atoms with E-state index in [2.05, 4.69) is 123 Å². The number of carbonyl (C=O) groups is 2. The SMILES string of the molecule is CC/C=C\C/C=C\C/C=C\C/C=C\C/C=C\C/C=C\CCCCCCC(=O)OC(COC(=O)CCCCCCCCCCCCCCCCCC/C=C\C/C=C\C/C=C\CCCCCCC)COP(=O)([O-])OCC[N+](C)(C)C. The lowest BCUT2D eigenvalue weighted by atomic mass is 10.0. The van der Waals surface area contributed by atoms with Gasteiger partial charge in [-0.1, -0.05) is 252 Å². The van der Waals surface area contributed by atoms with E-state index in [9.17, 15) is 19.0 Å². The minimum Gasteiger partial charge on any atom is -0.756 e. The Morgan fingerprint density at radius 1 is 0.410 bits per heavy atom. The van der Waals surface area contributed by atoms with Crippen LogP contribution in [0.2, 0.25) is 0 Å². The summed E-state index contributed by atoms with van der Waals surface area (Å²) in [5.41, 5.74) is 0. The van der Waals surface area contributed by atoms with Gasteiger partial charge in [0, 0.05) is 12.8 Å². The zero-order chi connectivity index (χ0) is 57.0. The first-order chi connectivity index (χ1) is 38.0. The van der Waals surface area contributed by atoms with Crippen LogP contribution < -0.4 is 4.89 Å². The van der Waals surface area contributed by atoms with Crippen LogP contribution in [0.3, 0.4) is 0 Å². The van der Waals surface area contributed by atoms with Crippen LogP contribution in [0.15, 0.2) is 109 Å². The Hall–Kier alpha value is -3.33. The molecule has 448 valence electrons. The van der Waals surface area contributed by atoms with Crippen molar-refractivity contribution in [3.05, 3.63) is 109 Å². The topological polar surface area (TPSA) is 111 Å². The number of rotatable bonds is 57. The van der Waals surface area contributed by atoms with Gasteiger partial charge in [0.25, 0.3) is 7.82 Å². The Bertz CT molecular complexity index is 1680. The van der Waals surface area contributed by atoms with Crippen molar-refractivity contribution in [2.45, 2.75) is 264 Å². The standard InChI is InChI=1S/C68H118NO8P/c1-6-8-10-12-14-16-18-20-22-24-26-28-30-31-32-33-34-35-36-37-39-40-42-44-46-48-50-52-54-56-58-60-67(70)74-64-66(65-76-78(72,73)75-63-62-69(3,4)5)77-68(71)61-59-57-55-53-51-49-47-45-43-41-38-29-27-25-23-21-19-17-15-13-11-9-7-2/h9,11,15,17-18,20-21,23-24,26-27,29-31,41,43,47,49,66H,6-8,10,12-14,16,19,22,25,28,32-40,42,44-46,48,50-65H2,1-5H3/b11-9-,17-15-,20-18-,23-21-,26-24-,29-27-,31-30-,43-41-,49-47-. The number of quaternary nitrogens is 1. The molecule has 0 N–H and O–H groups in total. The number of likely N-dealkylation sites (N-methyl/N-ethyl adjacent to an activating group) is 1. The van der Waals surface area contributed by atoms with E-state index in [-0.39, 0.29) is 26.1 Å². The average Bonchev–Trinajstić information content (AvgIpc) is 3.40. The summed E-state index contributed by atoms with van der Waals surface area (Å²) in [5.74, 6) is -0.864. The number of allylic oxidation sites excluding steroid dienone is 18. The van der Waals surface area contributed by atoms with Gasteiger partial charge >= 0.3 is 11.9 Å². The van der Waals surface area contributed by atoms with Crippen molar-refractivity contribution in [1.82, 2.24) is 0 Å². The molecule has 0 amide bonds. The molecule has 0 spiro atoms. The Morgan fingerprint density at radius 2 is 0.731 bits per heavy atom. The molecule has 0 aromatic carbocycles. The molecule has 0 aromatic heterocycles. The highest BCUT2D eigenvalue weighted by atomic mass is 31.2. The van der Waals surface area contributed by atoms with Crippen LogP contribution in [-0.4, -0.2) is 70.0 Å². The van der Waals surface area contributed by atoms with Gasteiger partial charge in [-0.3, -0.25) is 14.2 Å². The molecule has 2 unspecified atom stereocenters. The Kier molecular flexibility index (Phi) is 55.8. The van der Waals surface area contributed by atoms with E-state index in [1.807, 2.05) is 21.1 Å². The summed E-state index contributed by atoms with van der Waals surface area (Å²) in [6.45, 7) is 4.09. The fraction of sp³-hybridized carbons (Fsp3) is 0.706. The fourth-order valence-corrected chi connectivity index (χ4v) is 9.16. The molecule has 0 radical (unpaired) electrons. The third-order valence-electron chi connectivity index (χ3n) is 13.3. The van der Waals surface area contributed by atoms with Gasteiger partial charge in [0.05, 0.1) is 27.7 Å². The number of phosphoric ester groups is 1. The maximum Gasteiger partial charge on any atom is 0.306 e. The van der Waals surface area contributed by atoms with Gasteiger partial charge in [0.15, 0.2) is 6.10 Å².